The van der Waals surface area contributed by atoms with Crippen molar-refractivity contribution < 1.29 is 42.7 Å². The van der Waals surface area contributed by atoms with Crippen molar-refractivity contribution >= 4 is 41.4 Å². The zero-order valence-electron chi connectivity index (χ0n) is 31.4. The van der Waals surface area contributed by atoms with Gasteiger partial charge in [-0.1, -0.05) is 38.0 Å². The number of carbonyl (C=O) groups excluding carboxylic acids is 7. The molecule has 0 aromatic heterocycles. The second-order valence-electron chi connectivity index (χ2n) is 14.7. The van der Waals surface area contributed by atoms with E-state index in [0.29, 0.717) is 63.5 Å². The van der Waals surface area contributed by atoms with Crippen LogP contribution in [0.15, 0.2) is 36.4 Å². The Bertz CT molecular complexity index is 1620. The molecular weight excluding hydrogens is 699 g/mol. The predicted molar refractivity (Wildman–Crippen MR) is 195 cm³/mol. The van der Waals surface area contributed by atoms with Crippen LogP contribution in [0.25, 0.3) is 0 Å². The highest BCUT2D eigenvalue weighted by Crippen LogP contribution is 2.27. The second-order valence-corrected chi connectivity index (χ2v) is 14.7. The number of hydrogen-bond donors (Lipinski definition) is 3. The van der Waals surface area contributed by atoms with Crippen molar-refractivity contribution in [1.82, 2.24) is 30.7 Å². The zero-order chi connectivity index (χ0) is 38.9. The third-order valence-electron chi connectivity index (χ3n) is 10.7. The molecule has 0 radical (unpaired) electrons. The summed E-state index contributed by atoms with van der Waals surface area (Å²) in [5.74, 6) is -4.68. The topological polar surface area (TPSA) is 175 Å². The van der Waals surface area contributed by atoms with Gasteiger partial charge < -0.3 is 35.4 Å². The monoisotopic (exact) mass is 752 g/mol. The Morgan fingerprint density at radius 1 is 0.907 bits per heavy atom. The van der Waals surface area contributed by atoms with Gasteiger partial charge in [0, 0.05) is 26.1 Å². The Labute approximate surface area is 315 Å². The largest absolute Gasteiger partial charge is 0.458 e. The van der Waals surface area contributed by atoms with Crippen LogP contribution < -0.4 is 16.0 Å². The Morgan fingerprint density at radius 2 is 1.57 bits per heavy atom. The van der Waals surface area contributed by atoms with Gasteiger partial charge in [0.25, 0.3) is 0 Å². The molecular formula is C39H53FN6O8. The third kappa shape index (κ3) is 9.64. The molecule has 4 heterocycles. The molecule has 5 rings (SSSR count). The van der Waals surface area contributed by atoms with Crippen LogP contribution in [0.3, 0.4) is 0 Å². The number of esters is 1. The maximum Gasteiger partial charge on any atom is 0.329 e. The summed E-state index contributed by atoms with van der Waals surface area (Å²) in [6.45, 7) is 5.76. The molecule has 15 heteroatoms. The van der Waals surface area contributed by atoms with Gasteiger partial charge in [-0.15, -0.1) is 0 Å². The van der Waals surface area contributed by atoms with Crippen LogP contribution in [0, 0.1) is 5.82 Å². The Kier molecular flexibility index (Phi) is 13.8. The molecule has 294 valence electrons. The van der Waals surface area contributed by atoms with Gasteiger partial charge >= 0.3 is 5.97 Å². The van der Waals surface area contributed by atoms with Crippen LogP contribution in [0.1, 0.15) is 90.5 Å². The molecule has 0 bridgehead atoms. The molecule has 4 aliphatic heterocycles. The van der Waals surface area contributed by atoms with Gasteiger partial charge in [0.15, 0.2) is 0 Å². The molecule has 54 heavy (non-hydrogen) atoms. The van der Waals surface area contributed by atoms with Gasteiger partial charge in [-0.25, -0.2) is 9.18 Å². The van der Waals surface area contributed by atoms with Crippen LogP contribution in [0.4, 0.5) is 4.39 Å². The van der Waals surface area contributed by atoms with Crippen molar-refractivity contribution in [3.05, 3.63) is 47.8 Å². The van der Waals surface area contributed by atoms with Crippen LogP contribution in [-0.4, -0.2) is 118 Å². The van der Waals surface area contributed by atoms with Gasteiger partial charge in [-0.05, 0) is 89.0 Å². The number of ether oxygens (including phenoxy) is 1. The van der Waals surface area contributed by atoms with E-state index in [4.69, 9.17) is 4.74 Å². The number of carbonyl (C=O) groups is 7. The molecule has 1 aromatic carbocycles. The molecule has 0 aliphatic carbocycles. The van der Waals surface area contributed by atoms with Crippen LogP contribution in [0.5, 0.6) is 0 Å². The Hall–Kier alpha value is -4.82. The van der Waals surface area contributed by atoms with Gasteiger partial charge in [-0.2, -0.15) is 0 Å². The van der Waals surface area contributed by atoms with Crippen molar-refractivity contribution in [2.75, 3.05) is 19.6 Å². The summed E-state index contributed by atoms with van der Waals surface area (Å²) in [6.07, 6.45) is 7.46. The number of fused-ring (bicyclic) bond motifs is 3. The summed E-state index contributed by atoms with van der Waals surface area (Å²) < 4.78 is 20.1. The van der Waals surface area contributed by atoms with Crippen LogP contribution in [-0.2, 0) is 44.7 Å². The minimum absolute atomic E-state index is 0.117. The van der Waals surface area contributed by atoms with E-state index in [1.165, 1.54) is 45.9 Å². The van der Waals surface area contributed by atoms with E-state index in [1.54, 1.807) is 19.1 Å². The quantitative estimate of drug-likeness (QED) is 0.195. The van der Waals surface area contributed by atoms with Crippen LogP contribution >= 0.6 is 0 Å². The van der Waals surface area contributed by atoms with Crippen molar-refractivity contribution in [2.45, 2.75) is 134 Å². The van der Waals surface area contributed by atoms with E-state index in [1.807, 2.05) is 6.92 Å². The fraction of sp³-hybridized carbons (Fsp3) is 0.615. The first-order valence-corrected chi connectivity index (χ1v) is 19.3. The molecule has 3 N–H and O–H groups in total. The second kappa shape index (κ2) is 18.5. The predicted octanol–water partition coefficient (Wildman–Crippen LogP) is 1.90. The highest BCUT2D eigenvalue weighted by molar-refractivity contribution is 5.98. The number of allylic oxidation sites excluding steroid dienone is 1. The molecule has 6 amide bonds. The van der Waals surface area contributed by atoms with E-state index in [-0.39, 0.29) is 19.5 Å². The number of nitrogens with zero attached hydrogens (tertiary/aromatic N) is 3. The number of amides is 6. The molecule has 0 saturated carbocycles. The lowest BCUT2D eigenvalue weighted by atomic mass is 9.99. The Morgan fingerprint density at radius 3 is 2.30 bits per heavy atom. The summed E-state index contributed by atoms with van der Waals surface area (Å²) in [5.41, 5.74) is 0.416. The average molecular weight is 753 g/mol. The van der Waals surface area contributed by atoms with E-state index < -0.39 is 89.6 Å². The molecule has 1 aromatic rings. The van der Waals surface area contributed by atoms with E-state index in [9.17, 15) is 38.0 Å². The zero-order valence-corrected chi connectivity index (χ0v) is 31.4. The normalized spacial score (nSPS) is 27.6. The number of cyclic esters (lactones) is 1. The molecule has 4 saturated heterocycles. The summed E-state index contributed by atoms with van der Waals surface area (Å²) in [4.78, 5) is 101. The van der Waals surface area contributed by atoms with Gasteiger partial charge in [0.1, 0.15) is 48.2 Å². The number of unbranched alkanes of at least 4 members (excludes halogenated alkanes) is 2. The number of halogens is 1. The lowest BCUT2D eigenvalue weighted by Crippen LogP contribution is -2.63. The molecule has 14 nitrogen and oxygen atoms in total. The number of piperidine rings is 1. The lowest BCUT2D eigenvalue weighted by molar-refractivity contribution is -0.163. The number of hydrogen-bond acceptors (Lipinski definition) is 8. The maximum atomic E-state index is 14.6. The summed E-state index contributed by atoms with van der Waals surface area (Å²) >= 11 is 0. The number of nitrogens with one attached hydrogen (secondary N) is 3. The van der Waals surface area contributed by atoms with Crippen LogP contribution in [0.2, 0.25) is 0 Å². The summed E-state index contributed by atoms with van der Waals surface area (Å²) in [7, 11) is 0. The number of benzene rings is 1. The fourth-order valence-electron chi connectivity index (χ4n) is 7.83. The van der Waals surface area contributed by atoms with E-state index >= 15 is 0 Å². The average Bonchev–Trinajstić information content (AvgIpc) is 3.85. The summed E-state index contributed by atoms with van der Waals surface area (Å²) in [5, 5.41) is 8.16. The Balaban J connectivity index is 1.48. The first-order valence-electron chi connectivity index (χ1n) is 19.3. The smallest absolute Gasteiger partial charge is 0.329 e. The first-order chi connectivity index (χ1) is 25.9. The summed E-state index contributed by atoms with van der Waals surface area (Å²) in [6, 6.07) is -0.910. The van der Waals surface area contributed by atoms with Crippen molar-refractivity contribution in [2.24, 2.45) is 0 Å². The van der Waals surface area contributed by atoms with Gasteiger partial charge in [-0.3, -0.25) is 28.8 Å². The van der Waals surface area contributed by atoms with E-state index in [0.717, 1.165) is 12.8 Å². The molecule has 4 fully saturated rings. The molecule has 0 spiro atoms. The van der Waals surface area contributed by atoms with Crippen molar-refractivity contribution in [3.63, 3.8) is 0 Å². The SMILES string of the molecule is CCCC/C=C/C(=O)N[C@@H](Cc1cccc(F)c1)C(=O)N[C@@H]1C(=O)N2CCC[C@@H]2C(=O)N2CCCC[C@@H]2C(=O)N[C@@H](C)C(=O)N2CCC[C@@H]2C(=O)O[C@H]1C. The highest BCUT2D eigenvalue weighted by atomic mass is 19.1. The molecule has 0 unspecified atom stereocenters. The highest BCUT2D eigenvalue weighted by Gasteiger charge is 2.46. The first kappa shape index (κ1) is 40.4. The molecule has 7 atom stereocenters. The number of rotatable bonds is 9. The fourth-order valence-corrected chi connectivity index (χ4v) is 7.83. The van der Waals surface area contributed by atoms with Crippen molar-refractivity contribution in [3.8, 4) is 0 Å². The minimum atomic E-state index is -1.50. The van der Waals surface area contributed by atoms with Crippen molar-refractivity contribution in [1.29, 1.82) is 0 Å². The van der Waals surface area contributed by atoms with Gasteiger partial charge in [0.2, 0.25) is 35.4 Å². The third-order valence-corrected chi connectivity index (χ3v) is 10.7. The minimum Gasteiger partial charge on any atom is -0.458 e. The van der Waals surface area contributed by atoms with E-state index in [2.05, 4.69) is 16.0 Å². The maximum absolute atomic E-state index is 14.6. The molecule has 4 aliphatic rings. The van der Waals surface area contributed by atoms with Gasteiger partial charge in [0.05, 0.1) is 0 Å². The standard InChI is InChI=1S/C39H53FN6O8/c1-4-5-6-7-18-32(47)42-28(23-26-13-10-14-27(40)22-26)34(48)43-33-25(3)54-39(53)31-17-12-21-46(31)36(50)24(2)41-35(49)29-15-8-9-19-44(29)37(51)30-16-11-20-45(30)38(33)52/h7,10,13-14,18,22,24-25,28-31,33H,4-6,8-9,11-12,15-17,19-21,23H2,1-3H3,(H,41,49)(H,42,47)(H,43,48)/b18-7+/t24-,25-,28-,29+,30+,31+,33-/m0/s1. The lowest BCUT2D eigenvalue weighted by Gasteiger charge is -2.39.